The van der Waals surface area contributed by atoms with Crippen LogP contribution in [0.4, 0.5) is 14.5 Å². The van der Waals surface area contributed by atoms with Crippen molar-refractivity contribution < 1.29 is 17.2 Å². The lowest BCUT2D eigenvalue weighted by Crippen LogP contribution is -2.05. The van der Waals surface area contributed by atoms with E-state index in [0.717, 1.165) is 0 Å². The van der Waals surface area contributed by atoms with E-state index in [1.54, 1.807) is 0 Å². The third-order valence-electron chi connectivity index (χ3n) is 1.55. The highest BCUT2D eigenvalue weighted by molar-refractivity contribution is 8.13. The molecular weight excluding hydrogens is 273 g/mol. The van der Waals surface area contributed by atoms with E-state index in [-0.39, 0.29) is 0 Å². The van der Waals surface area contributed by atoms with Gasteiger partial charge in [-0.15, -0.1) is 0 Å². The molecular formula is C6H4Cl2F2N2O2S. The molecule has 0 saturated carbocycles. The van der Waals surface area contributed by atoms with Gasteiger partial charge in [-0.25, -0.2) is 22.2 Å². The van der Waals surface area contributed by atoms with E-state index < -0.39 is 36.8 Å². The normalized spacial score (nSPS) is 12.1. The molecule has 4 nitrogen and oxygen atoms in total. The summed E-state index contributed by atoms with van der Waals surface area (Å²) < 4.78 is 46.8. The molecule has 0 fully saturated rings. The highest BCUT2D eigenvalue weighted by Gasteiger charge is 2.26. The van der Waals surface area contributed by atoms with Gasteiger partial charge in [-0.05, 0) is 0 Å². The molecule has 0 aliphatic heterocycles. The molecule has 15 heavy (non-hydrogen) atoms. The quantitative estimate of drug-likeness (QED) is 0.664. The lowest BCUT2D eigenvalue weighted by Gasteiger charge is -2.09. The summed E-state index contributed by atoms with van der Waals surface area (Å²) in [5.41, 5.74) is 3.67. The van der Waals surface area contributed by atoms with Crippen molar-refractivity contribution in [1.29, 1.82) is 0 Å². The Hall–Kier alpha value is -0.660. The van der Waals surface area contributed by atoms with E-state index in [1.807, 2.05) is 0 Å². The first-order valence-electron chi connectivity index (χ1n) is 3.42. The van der Waals surface area contributed by atoms with Gasteiger partial charge in [-0.2, -0.15) is 0 Å². The molecule has 0 atom stereocenters. The number of nitrogen functional groups attached to an aromatic ring is 1. The number of pyridine rings is 1. The Morgan fingerprint density at radius 1 is 1.47 bits per heavy atom. The van der Waals surface area contributed by atoms with E-state index in [1.165, 1.54) is 0 Å². The fourth-order valence-electron chi connectivity index (χ4n) is 0.918. The second kappa shape index (κ2) is 4.07. The van der Waals surface area contributed by atoms with E-state index in [2.05, 4.69) is 4.98 Å². The monoisotopic (exact) mass is 276 g/mol. The first-order valence-corrected chi connectivity index (χ1v) is 6.10. The molecule has 0 aliphatic rings. The number of hydrogen-bond acceptors (Lipinski definition) is 4. The molecule has 0 spiro atoms. The van der Waals surface area contributed by atoms with Gasteiger partial charge < -0.3 is 5.73 Å². The van der Waals surface area contributed by atoms with Crippen LogP contribution in [-0.4, -0.2) is 13.4 Å². The summed E-state index contributed by atoms with van der Waals surface area (Å²) in [5.74, 6) is 0. The Bertz CT molecular complexity index is 492. The molecule has 1 aromatic heterocycles. The number of nitrogens with zero attached hydrogens (tertiary/aromatic N) is 1. The minimum Gasteiger partial charge on any atom is -0.396 e. The topological polar surface area (TPSA) is 73.0 Å². The molecule has 9 heteroatoms. The smallest absolute Gasteiger partial charge is 0.267 e. The third-order valence-corrected chi connectivity index (χ3v) is 3.20. The minimum absolute atomic E-state index is 0.394. The van der Waals surface area contributed by atoms with Crippen LogP contribution in [-0.2, 0) is 9.05 Å². The molecule has 1 aromatic rings. The summed E-state index contributed by atoms with van der Waals surface area (Å²) in [4.78, 5) is 2.50. The van der Waals surface area contributed by atoms with Crippen LogP contribution in [0, 0.1) is 0 Å². The van der Waals surface area contributed by atoms with Gasteiger partial charge >= 0.3 is 0 Å². The molecule has 0 unspecified atom stereocenters. The number of nitrogens with two attached hydrogens (primary N) is 1. The summed E-state index contributed by atoms with van der Waals surface area (Å²) in [7, 11) is 0.606. The Kier molecular flexibility index (Phi) is 3.37. The molecule has 1 heterocycles. The van der Waals surface area contributed by atoms with E-state index in [0.29, 0.717) is 6.20 Å². The Labute approximate surface area is 93.4 Å². The van der Waals surface area contributed by atoms with Crippen molar-refractivity contribution in [2.75, 3.05) is 5.73 Å². The predicted octanol–water partition coefficient (Wildman–Crippen LogP) is 2.18. The Morgan fingerprint density at radius 2 is 2.00 bits per heavy atom. The van der Waals surface area contributed by atoms with Gasteiger partial charge in [-0.3, -0.25) is 0 Å². The predicted molar refractivity (Wildman–Crippen MR) is 51.7 cm³/mol. The van der Waals surface area contributed by atoms with Crippen molar-refractivity contribution in [3.63, 3.8) is 0 Å². The molecule has 2 N–H and O–H groups in total. The lowest BCUT2D eigenvalue weighted by atomic mass is 10.2. The number of aromatic nitrogens is 1. The minimum atomic E-state index is -4.33. The third kappa shape index (κ3) is 2.47. The summed E-state index contributed by atoms with van der Waals surface area (Å²) in [6, 6.07) is 0. The van der Waals surface area contributed by atoms with Crippen molar-refractivity contribution in [3.8, 4) is 0 Å². The van der Waals surface area contributed by atoms with Crippen LogP contribution >= 0.6 is 22.3 Å². The zero-order valence-electron chi connectivity index (χ0n) is 6.92. The number of hydrogen-bond donors (Lipinski definition) is 1. The first-order chi connectivity index (χ1) is 6.75. The maximum absolute atomic E-state index is 12.5. The number of alkyl halides is 2. The average molecular weight is 277 g/mol. The molecule has 0 aromatic carbocycles. The van der Waals surface area contributed by atoms with E-state index in [9.17, 15) is 17.2 Å². The van der Waals surface area contributed by atoms with Crippen LogP contribution in [0.3, 0.4) is 0 Å². The Morgan fingerprint density at radius 3 is 2.40 bits per heavy atom. The number of anilines is 1. The fraction of sp³-hybridized carbons (Fsp3) is 0.167. The second-order valence-electron chi connectivity index (χ2n) is 2.48. The van der Waals surface area contributed by atoms with Gasteiger partial charge in [0.1, 0.15) is 4.90 Å². The lowest BCUT2D eigenvalue weighted by molar-refractivity contribution is 0.148. The fourth-order valence-corrected chi connectivity index (χ4v) is 2.08. The zero-order valence-corrected chi connectivity index (χ0v) is 9.24. The number of rotatable bonds is 2. The van der Waals surface area contributed by atoms with Gasteiger partial charge in [0.25, 0.3) is 15.5 Å². The van der Waals surface area contributed by atoms with Crippen molar-refractivity contribution >= 4 is 37.0 Å². The van der Waals surface area contributed by atoms with E-state index >= 15 is 0 Å². The summed E-state index contributed by atoms with van der Waals surface area (Å²) in [6.45, 7) is 0. The first kappa shape index (κ1) is 12.4. The van der Waals surface area contributed by atoms with Gasteiger partial charge in [0.15, 0.2) is 5.15 Å². The van der Waals surface area contributed by atoms with Crippen molar-refractivity contribution in [1.82, 2.24) is 4.98 Å². The van der Waals surface area contributed by atoms with Crippen molar-refractivity contribution in [3.05, 3.63) is 16.9 Å². The molecule has 0 saturated heterocycles. The highest BCUT2D eigenvalue weighted by atomic mass is 35.7. The Balaban J connectivity index is 3.62. The van der Waals surface area contributed by atoms with Crippen molar-refractivity contribution in [2.45, 2.75) is 11.3 Å². The molecule has 0 radical (unpaired) electrons. The van der Waals surface area contributed by atoms with Crippen LogP contribution in [0.25, 0.3) is 0 Å². The zero-order chi connectivity index (χ0) is 11.8. The van der Waals surface area contributed by atoms with Gasteiger partial charge in [0, 0.05) is 16.9 Å². The maximum Gasteiger partial charge on any atom is 0.267 e. The highest BCUT2D eigenvalue weighted by Crippen LogP contribution is 2.35. The summed E-state index contributed by atoms with van der Waals surface area (Å²) >= 11 is 5.37. The van der Waals surface area contributed by atoms with Gasteiger partial charge in [-0.1, -0.05) is 11.6 Å². The van der Waals surface area contributed by atoms with Crippen LogP contribution in [0.5, 0.6) is 0 Å². The maximum atomic E-state index is 12.5. The number of halogens is 4. The van der Waals surface area contributed by atoms with Crippen LogP contribution in [0.2, 0.25) is 5.15 Å². The molecule has 84 valence electrons. The largest absolute Gasteiger partial charge is 0.396 e. The second-order valence-corrected chi connectivity index (χ2v) is 5.37. The van der Waals surface area contributed by atoms with E-state index in [4.69, 9.17) is 28.0 Å². The summed E-state index contributed by atoms with van der Waals surface area (Å²) in [6.07, 6.45) is -2.46. The molecule has 1 rings (SSSR count). The van der Waals surface area contributed by atoms with Gasteiger partial charge in [0.2, 0.25) is 0 Å². The summed E-state index contributed by atoms with van der Waals surface area (Å²) in [5, 5.41) is -0.394. The standard InChI is InChI=1S/C6H4Cl2F2N2O2S/c7-5-4(11)3(6(9)10)2(1-12-5)15(8,13)14/h1,6H,11H2. The molecule has 0 amide bonds. The molecule has 0 bridgehead atoms. The average Bonchev–Trinajstić information content (AvgIpc) is 2.06. The van der Waals surface area contributed by atoms with Crippen molar-refractivity contribution in [2.24, 2.45) is 0 Å². The molecule has 0 aliphatic carbocycles. The van der Waals surface area contributed by atoms with Gasteiger partial charge in [0.05, 0.1) is 11.3 Å². The van der Waals surface area contributed by atoms with Crippen LogP contribution in [0.1, 0.15) is 12.0 Å². The van der Waals surface area contributed by atoms with Crippen LogP contribution < -0.4 is 5.73 Å². The SMILES string of the molecule is Nc1c(Cl)ncc(S(=O)(=O)Cl)c1C(F)F. The van der Waals surface area contributed by atoms with Crippen LogP contribution in [0.15, 0.2) is 11.1 Å².